The van der Waals surface area contributed by atoms with Crippen LogP contribution < -0.4 is 74.4 Å². The van der Waals surface area contributed by atoms with Gasteiger partial charge in [-0.05, 0) is 0 Å². The minimum atomic E-state index is -2.97. The number of carbonyl (C=O) groups excluding carboxylic acids is 3. The van der Waals surface area contributed by atoms with Crippen LogP contribution in [0.2, 0.25) is 0 Å². The third kappa shape index (κ3) is 15.0. The maximum absolute atomic E-state index is 10.1. The molecule has 0 amide bonds. The summed E-state index contributed by atoms with van der Waals surface area (Å²) in [5.41, 5.74) is -2.97. The number of hydrogen-bond acceptors (Lipinski definition) is 7. The van der Waals surface area contributed by atoms with Crippen LogP contribution in [-0.2, 0) is 33.9 Å². The standard InChI is InChI=1S/C6H8O7.2Na.2H2O.Zn/c7-3(8)1-6(13,5(11)12)2-4(9)10;;;;;/h13H,1-2H2,(H,7,8)(H,9,10)(H,11,12);;;2*1H2;/q;2*+1;;;+2/p-3. The fraction of sp³-hybridized carbons (Fsp3) is 0.500. The van der Waals surface area contributed by atoms with Crippen LogP contribution in [0, 0.1) is 0 Å². The summed E-state index contributed by atoms with van der Waals surface area (Å²) in [6, 6.07) is 0. The molecule has 9 nitrogen and oxygen atoms in total. The monoisotopic (exact) mass is 335 g/mol. The van der Waals surface area contributed by atoms with Crippen molar-refractivity contribution in [1.29, 1.82) is 0 Å². The molecule has 0 radical (unpaired) electrons. The molecular weight excluding hydrogens is 327 g/mol. The average Bonchev–Trinajstić information content (AvgIpc) is 1.82. The Bertz CT molecular complexity index is 243. The summed E-state index contributed by atoms with van der Waals surface area (Å²) < 4.78 is 0. The number of carbonyl (C=O) groups is 3. The molecule has 0 bridgehead atoms. The Labute approximate surface area is 159 Å². The summed E-state index contributed by atoms with van der Waals surface area (Å²) in [4.78, 5) is 30.0. The number of carboxylic acid groups (broad SMARTS) is 3. The maximum atomic E-state index is 10.1. The topological polar surface area (TPSA) is 204 Å². The Kier molecular flexibility index (Phi) is 32.3. The number of rotatable bonds is 5. The average molecular weight is 336 g/mol. The van der Waals surface area contributed by atoms with Crippen molar-refractivity contribution in [2.75, 3.05) is 0 Å². The van der Waals surface area contributed by atoms with Crippen molar-refractivity contribution >= 4 is 17.9 Å². The molecule has 0 fully saturated rings. The predicted molar refractivity (Wildman–Crippen MR) is 36.4 cm³/mol. The van der Waals surface area contributed by atoms with E-state index in [1.807, 2.05) is 0 Å². The van der Waals surface area contributed by atoms with Gasteiger partial charge in [0.15, 0.2) is 0 Å². The second-order valence-corrected chi connectivity index (χ2v) is 2.42. The predicted octanol–water partition coefficient (Wildman–Crippen LogP) is -12.9. The normalized spacial score (nSPS) is 7.83. The van der Waals surface area contributed by atoms with Gasteiger partial charge in [-0.1, -0.05) is 0 Å². The Morgan fingerprint density at radius 3 is 1.22 bits per heavy atom. The summed E-state index contributed by atoms with van der Waals surface area (Å²) in [5, 5.41) is 38.9. The second kappa shape index (κ2) is 16.0. The Morgan fingerprint density at radius 2 is 1.11 bits per heavy atom. The number of hydrogen-bond donors (Lipinski definition) is 1. The van der Waals surface area contributed by atoms with E-state index in [9.17, 15) is 29.7 Å². The van der Waals surface area contributed by atoms with Gasteiger partial charge >= 0.3 is 78.6 Å². The summed E-state index contributed by atoms with van der Waals surface area (Å²) in [6.07, 6.45) is -2.72. The molecule has 18 heavy (non-hydrogen) atoms. The third-order valence-corrected chi connectivity index (χ3v) is 1.25. The molecule has 12 heteroatoms. The molecule has 90 valence electrons. The first-order valence-corrected chi connectivity index (χ1v) is 3.11. The van der Waals surface area contributed by atoms with E-state index in [0.29, 0.717) is 0 Å². The maximum Gasteiger partial charge on any atom is 2.00 e. The Hall–Kier alpha value is 0.913. The van der Waals surface area contributed by atoms with Crippen molar-refractivity contribution in [1.82, 2.24) is 0 Å². The largest absolute Gasteiger partial charge is 2.00 e. The van der Waals surface area contributed by atoms with Gasteiger partial charge in [-0.3, -0.25) is 0 Å². The van der Waals surface area contributed by atoms with E-state index >= 15 is 0 Å². The van der Waals surface area contributed by atoms with Crippen molar-refractivity contribution in [2.24, 2.45) is 0 Å². The van der Waals surface area contributed by atoms with Crippen LogP contribution >= 0.6 is 0 Å². The van der Waals surface area contributed by atoms with Crippen molar-refractivity contribution in [3.8, 4) is 0 Å². The van der Waals surface area contributed by atoms with Crippen molar-refractivity contribution in [3.63, 3.8) is 0 Å². The van der Waals surface area contributed by atoms with Crippen molar-refractivity contribution < 1.29 is 124 Å². The molecule has 0 aromatic rings. The van der Waals surface area contributed by atoms with Gasteiger partial charge in [0.05, 0.1) is 5.97 Å². The van der Waals surface area contributed by atoms with Crippen LogP contribution in [0.3, 0.4) is 0 Å². The number of aliphatic carboxylic acids is 3. The Balaban J connectivity index is -0.0000000720. The first-order chi connectivity index (χ1) is 5.78. The molecule has 0 saturated carbocycles. The van der Waals surface area contributed by atoms with Crippen LogP contribution in [0.1, 0.15) is 12.8 Å². The van der Waals surface area contributed by atoms with E-state index < -0.39 is 36.4 Å². The minimum absolute atomic E-state index is 0. The van der Waals surface area contributed by atoms with Gasteiger partial charge < -0.3 is 45.8 Å². The SMILES string of the molecule is O.O.O=C([O-])CC(O)(CC(=O)[O-])C(=O)[O-].[Na+].[Na+].[Zn+2]. The zero-order valence-corrected chi connectivity index (χ0v) is 17.0. The van der Waals surface area contributed by atoms with Gasteiger partial charge in [0.2, 0.25) is 0 Å². The molecule has 0 unspecified atom stereocenters. The summed E-state index contributed by atoms with van der Waals surface area (Å²) in [6.45, 7) is 0. The molecule has 0 heterocycles. The number of carboxylic acids is 3. The fourth-order valence-electron chi connectivity index (χ4n) is 0.684. The van der Waals surface area contributed by atoms with Crippen LogP contribution in [0.15, 0.2) is 0 Å². The first kappa shape index (κ1) is 36.4. The Morgan fingerprint density at radius 1 is 0.889 bits per heavy atom. The van der Waals surface area contributed by atoms with Gasteiger partial charge in [-0.25, -0.2) is 0 Å². The van der Waals surface area contributed by atoms with E-state index in [4.69, 9.17) is 5.11 Å². The first-order valence-electron chi connectivity index (χ1n) is 3.11. The van der Waals surface area contributed by atoms with Gasteiger partial charge in [0.1, 0.15) is 5.60 Å². The van der Waals surface area contributed by atoms with Crippen molar-refractivity contribution in [3.05, 3.63) is 0 Å². The van der Waals surface area contributed by atoms with Gasteiger partial charge in [0, 0.05) is 24.8 Å². The molecule has 0 atom stereocenters. The molecule has 0 aliphatic rings. The van der Waals surface area contributed by atoms with Gasteiger partial charge in [-0.15, -0.1) is 0 Å². The molecule has 0 spiro atoms. The van der Waals surface area contributed by atoms with E-state index in [1.54, 1.807) is 0 Å². The third-order valence-electron chi connectivity index (χ3n) is 1.25. The van der Waals surface area contributed by atoms with Gasteiger partial charge in [-0.2, -0.15) is 0 Å². The van der Waals surface area contributed by atoms with E-state index in [-0.39, 0.29) is 89.5 Å². The van der Waals surface area contributed by atoms with Crippen LogP contribution in [0.4, 0.5) is 0 Å². The molecular formula is C6H9Na2O9Zn+. The second-order valence-electron chi connectivity index (χ2n) is 2.42. The molecule has 0 aromatic carbocycles. The van der Waals surface area contributed by atoms with Crippen molar-refractivity contribution in [2.45, 2.75) is 18.4 Å². The summed E-state index contributed by atoms with van der Waals surface area (Å²) >= 11 is 0. The summed E-state index contributed by atoms with van der Waals surface area (Å²) in [7, 11) is 0. The smallest absolute Gasteiger partial charge is 0.550 e. The number of aliphatic hydroxyl groups is 1. The zero-order valence-electron chi connectivity index (χ0n) is 10.0. The minimum Gasteiger partial charge on any atom is -0.550 e. The van der Waals surface area contributed by atoms with Crippen LogP contribution in [0.25, 0.3) is 0 Å². The molecule has 5 N–H and O–H groups in total. The summed E-state index contributed by atoms with van der Waals surface area (Å²) in [5.74, 6) is -5.98. The van der Waals surface area contributed by atoms with Gasteiger partial charge in [0.25, 0.3) is 0 Å². The molecule has 0 rings (SSSR count). The van der Waals surface area contributed by atoms with E-state index in [0.717, 1.165) is 0 Å². The molecule has 0 aliphatic heterocycles. The van der Waals surface area contributed by atoms with Crippen LogP contribution in [-0.4, -0.2) is 39.6 Å². The van der Waals surface area contributed by atoms with Crippen LogP contribution in [0.5, 0.6) is 0 Å². The molecule has 0 aromatic heterocycles. The zero-order chi connectivity index (χ0) is 10.6. The van der Waals surface area contributed by atoms with E-state index in [2.05, 4.69) is 0 Å². The fourth-order valence-corrected chi connectivity index (χ4v) is 0.684. The van der Waals surface area contributed by atoms with E-state index in [1.165, 1.54) is 0 Å². The quantitative estimate of drug-likeness (QED) is 0.479. The molecule has 0 saturated heterocycles. The molecule has 0 aliphatic carbocycles.